The Morgan fingerprint density at radius 3 is 2.59 bits per heavy atom. The van der Waals surface area contributed by atoms with E-state index in [1.807, 2.05) is 12.1 Å². The number of nitrogens with one attached hydrogen (secondary N) is 1. The number of amides is 1. The molecule has 0 unspecified atom stereocenters. The van der Waals surface area contributed by atoms with E-state index >= 15 is 0 Å². The van der Waals surface area contributed by atoms with Crippen molar-refractivity contribution in [2.24, 2.45) is 5.92 Å². The molecule has 142 valence electrons. The summed E-state index contributed by atoms with van der Waals surface area (Å²) < 4.78 is 19.7. The molecule has 1 aliphatic heterocycles. The van der Waals surface area contributed by atoms with Gasteiger partial charge >= 0.3 is 0 Å². The maximum Gasteiger partial charge on any atom is 0.224 e. The highest BCUT2D eigenvalue weighted by Gasteiger charge is 2.43. The first kappa shape index (κ1) is 18.6. The highest BCUT2D eigenvalue weighted by atomic mass is 35.5. The van der Waals surface area contributed by atoms with Crippen molar-refractivity contribution < 1.29 is 13.9 Å². The van der Waals surface area contributed by atoms with Crippen LogP contribution in [-0.2, 0) is 10.2 Å². The molecule has 1 spiro atoms. The Hall–Kier alpha value is -1.78. The number of ether oxygens (including phenoxy) is 1. The van der Waals surface area contributed by atoms with Gasteiger partial charge in [0.15, 0.2) is 0 Å². The zero-order valence-electron chi connectivity index (χ0n) is 14.7. The molecule has 0 radical (unpaired) electrons. The molecule has 27 heavy (non-hydrogen) atoms. The Morgan fingerprint density at radius 2 is 1.85 bits per heavy atom. The van der Waals surface area contributed by atoms with Crippen LogP contribution in [0.3, 0.4) is 0 Å². The standard InChI is InChI=1S/C21H20Cl2FNO2/c22-14-2-4-18(17(24)10-14)25-20(26)9-13-5-7-21(8-6-13)12-27-19-11-15(23)1-3-16(19)21/h1-4,10-11,13H,5-9,12H2,(H,25,26). The number of carbonyl (C=O) groups excluding carboxylic acids is 1. The second-order valence-corrected chi connectivity index (χ2v) is 8.40. The van der Waals surface area contributed by atoms with Gasteiger partial charge in [-0.25, -0.2) is 4.39 Å². The summed E-state index contributed by atoms with van der Waals surface area (Å²) in [7, 11) is 0. The SMILES string of the molecule is O=C(CC1CCC2(CC1)COc1cc(Cl)ccc12)Nc1ccc(Cl)cc1F. The molecule has 0 saturated heterocycles. The Bertz CT molecular complexity index is 878. The number of fused-ring (bicyclic) bond motifs is 2. The van der Waals surface area contributed by atoms with Gasteiger partial charge in [0.2, 0.25) is 5.91 Å². The second-order valence-electron chi connectivity index (χ2n) is 7.53. The summed E-state index contributed by atoms with van der Waals surface area (Å²) in [6.07, 6.45) is 4.25. The van der Waals surface area contributed by atoms with Crippen LogP contribution in [0.5, 0.6) is 5.75 Å². The van der Waals surface area contributed by atoms with Crippen molar-refractivity contribution in [2.45, 2.75) is 37.5 Å². The van der Waals surface area contributed by atoms with Gasteiger partial charge in [0, 0.05) is 27.4 Å². The lowest BCUT2D eigenvalue weighted by atomic mass is 9.67. The van der Waals surface area contributed by atoms with Crippen LogP contribution in [0.2, 0.25) is 10.0 Å². The van der Waals surface area contributed by atoms with Gasteiger partial charge in [0.1, 0.15) is 11.6 Å². The van der Waals surface area contributed by atoms with E-state index in [-0.39, 0.29) is 17.0 Å². The summed E-state index contributed by atoms with van der Waals surface area (Å²) in [5.74, 6) is 0.503. The first-order valence-electron chi connectivity index (χ1n) is 9.13. The summed E-state index contributed by atoms with van der Waals surface area (Å²) >= 11 is 11.8. The van der Waals surface area contributed by atoms with E-state index in [0.29, 0.717) is 29.0 Å². The van der Waals surface area contributed by atoms with Crippen LogP contribution in [0.4, 0.5) is 10.1 Å². The first-order chi connectivity index (χ1) is 12.9. The number of halogens is 3. The van der Waals surface area contributed by atoms with Crippen molar-refractivity contribution in [3.63, 3.8) is 0 Å². The minimum atomic E-state index is -0.517. The average molecular weight is 408 g/mol. The molecule has 1 amide bonds. The van der Waals surface area contributed by atoms with Crippen molar-refractivity contribution in [1.82, 2.24) is 0 Å². The van der Waals surface area contributed by atoms with E-state index in [4.69, 9.17) is 27.9 Å². The Balaban J connectivity index is 1.36. The largest absolute Gasteiger partial charge is 0.492 e. The minimum absolute atomic E-state index is 0.0369. The minimum Gasteiger partial charge on any atom is -0.492 e. The summed E-state index contributed by atoms with van der Waals surface area (Å²) in [6, 6.07) is 10.1. The van der Waals surface area contributed by atoms with Gasteiger partial charge in [-0.2, -0.15) is 0 Å². The molecule has 1 N–H and O–H groups in total. The van der Waals surface area contributed by atoms with Gasteiger partial charge in [-0.05, 0) is 61.9 Å². The van der Waals surface area contributed by atoms with Gasteiger partial charge in [0.05, 0.1) is 12.3 Å². The average Bonchev–Trinajstić information content (AvgIpc) is 2.97. The van der Waals surface area contributed by atoms with Crippen molar-refractivity contribution in [2.75, 3.05) is 11.9 Å². The number of anilines is 1. The van der Waals surface area contributed by atoms with Crippen molar-refractivity contribution >= 4 is 34.8 Å². The molecule has 1 fully saturated rings. The smallest absolute Gasteiger partial charge is 0.224 e. The van der Waals surface area contributed by atoms with E-state index in [9.17, 15) is 9.18 Å². The van der Waals surface area contributed by atoms with Crippen molar-refractivity contribution in [3.8, 4) is 5.75 Å². The van der Waals surface area contributed by atoms with E-state index in [2.05, 4.69) is 11.4 Å². The molecule has 1 saturated carbocycles. The summed E-state index contributed by atoms with van der Waals surface area (Å²) in [5, 5.41) is 3.65. The fraction of sp³-hybridized carbons (Fsp3) is 0.381. The summed E-state index contributed by atoms with van der Waals surface area (Å²) in [5.41, 5.74) is 1.44. The van der Waals surface area contributed by atoms with E-state index in [1.165, 1.54) is 17.7 Å². The normalized spacial score (nSPS) is 23.7. The lowest BCUT2D eigenvalue weighted by molar-refractivity contribution is -0.117. The predicted molar refractivity (Wildman–Crippen MR) is 105 cm³/mol. The van der Waals surface area contributed by atoms with Crippen LogP contribution < -0.4 is 10.1 Å². The lowest BCUT2D eigenvalue weighted by Crippen LogP contribution is -2.34. The molecular formula is C21H20Cl2FNO2. The van der Waals surface area contributed by atoms with Crippen LogP contribution in [0, 0.1) is 11.7 Å². The number of carbonyl (C=O) groups is 1. The highest BCUT2D eigenvalue weighted by Crippen LogP contribution is 2.50. The maximum absolute atomic E-state index is 13.8. The van der Waals surface area contributed by atoms with Gasteiger partial charge in [-0.3, -0.25) is 4.79 Å². The Kier molecular flexibility index (Phi) is 5.04. The molecular weight excluding hydrogens is 388 g/mol. The number of hydrogen-bond acceptors (Lipinski definition) is 2. The molecule has 6 heteroatoms. The van der Waals surface area contributed by atoms with Crippen LogP contribution in [0.25, 0.3) is 0 Å². The summed E-state index contributed by atoms with van der Waals surface area (Å²) in [4.78, 5) is 12.3. The Morgan fingerprint density at radius 1 is 1.15 bits per heavy atom. The quantitative estimate of drug-likeness (QED) is 0.678. The second kappa shape index (κ2) is 7.33. The molecule has 4 rings (SSSR count). The predicted octanol–water partition coefficient (Wildman–Crippen LogP) is 5.98. The van der Waals surface area contributed by atoms with Crippen LogP contribution in [0.1, 0.15) is 37.7 Å². The van der Waals surface area contributed by atoms with Crippen molar-refractivity contribution in [3.05, 3.63) is 57.8 Å². The fourth-order valence-corrected chi connectivity index (χ4v) is 4.57. The number of rotatable bonds is 3. The first-order valence-corrected chi connectivity index (χ1v) is 9.88. The molecule has 0 bridgehead atoms. The molecule has 1 heterocycles. The number of benzene rings is 2. The monoisotopic (exact) mass is 407 g/mol. The third-order valence-electron chi connectivity index (χ3n) is 5.76. The maximum atomic E-state index is 13.8. The van der Waals surface area contributed by atoms with Crippen LogP contribution in [0.15, 0.2) is 36.4 Å². The third-order valence-corrected chi connectivity index (χ3v) is 6.23. The third kappa shape index (κ3) is 3.78. The summed E-state index contributed by atoms with van der Waals surface area (Å²) in [6.45, 7) is 0.678. The van der Waals surface area contributed by atoms with Crippen LogP contribution in [-0.4, -0.2) is 12.5 Å². The molecule has 2 aliphatic rings. The molecule has 0 atom stereocenters. The molecule has 2 aromatic carbocycles. The van der Waals surface area contributed by atoms with Crippen molar-refractivity contribution in [1.29, 1.82) is 0 Å². The van der Waals surface area contributed by atoms with Gasteiger partial charge in [0.25, 0.3) is 0 Å². The van der Waals surface area contributed by atoms with Crippen LogP contribution >= 0.6 is 23.2 Å². The zero-order chi connectivity index (χ0) is 19.0. The zero-order valence-corrected chi connectivity index (χ0v) is 16.2. The highest BCUT2D eigenvalue weighted by molar-refractivity contribution is 6.31. The van der Waals surface area contributed by atoms with E-state index in [0.717, 1.165) is 31.4 Å². The lowest BCUT2D eigenvalue weighted by Gasteiger charge is -2.36. The van der Waals surface area contributed by atoms with Gasteiger partial charge in [-0.1, -0.05) is 29.3 Å². The molecule has 3 nitrogen and oxygen atoms in total. The molecule has 2 aromatic rings. The Labute approximate surface area is 167 Å². The fourth-order valence-electron chi connectivity index (χ4n) is 4.25. The number of hydrogen-bond donors (Lipinski definition) is 1. The van der Waals surface area contributed by atoms with E-state index in [1.54, 1.807) is 6.07 Å². The molecule has 0 aromatic heterocycles. The van der Waals surface area contributed by atoms with Gasteiger partial charge < -0.3 is 10.1 Å². The topological polar surface area (TPSA) is 38.3 Å². The molecule has 1 aliphatic carbocycles. The van der Waals surface area contributed by atoms with E-state index < -0.39 is 5.82 Å². The van der Waals surface area contributed by atoms with Gasteiger partial charge in [-0.15, -0.1) is 0 Å².